The van der Waals surface area contributed by atoms with Crippen molar-refractivity contribution in [1.29, 1.82) is 0 Å². The molecule has 1 N–H and O–H groups in total. The summed E-state index contributed by atoms with van der Waals surface area (Å²) < 4.78 is 5.13. The maximum Gasteiger partial charge on any atom is 0.162 e. The highest BCUT2D eigenvalue weighted by Gasteiger charge is 2.10. The van der Waals surface area contributed by atoms with Gasteiger partial charge in [-0.1, -0.05) is 30.3 Å². The highest BCUT2D eigenvalue weighted by Crippen LogP contribution is 2.31. The number of nitrogens with zero attached hydrogens (tertiary/aromatic N) is 1. The number of aryl methyl sites for hydroxylation is 1. The number of aromatic hydroxyl groups is 1. The molecule has 0 heterocycles. The van der Waals surface area contributed by atoms with Crippen LogP contribution in [0.2, 0.25) is 0 Å². The van der Waals surface area contributed by atoms with E-state index >= 15 is 0 Å². The van der Waals surface area contributed by atoms with Crippen LogP contribution in [0.4, 0.5) is 5.69 Å². The monoisotopic (exact) mass is 257 g/mol. The highest BCUT2D eigenvalue weighted by atomic mass is 16.5. The van der Waals surface area contributed by atoms with E-state index in [2.05, 4.69) is 24.0 Å². The zero-order chi connectivity index (χ0) is 13.8. The first-order valence-electron chi connectivity index (χ1n) is 6.25. The molecule has 19 heavy (non-hydrogen) atoms. The van der Waals surface area contributed by atoms with Gasteiger partial charge in [-0.25, -0.2) is 0 Å². The van der Waals surface area contributed by atoms with Crippen molar-refractivity contribution in [3.8, 4) is 11.5 Å². The number of rotatable bonds is 4. The van der Waals surface area contributed by atoms with Crippen molar-refractivity contribution in [2.24, 2.45) is 0 Å². The SMILES string of the molecule is COc1cccc(CN(C)c2ccccc2C)c1O. The van der Waals surface area contributed by atoms with Gasteiger partial charge in [-0.15, -0.1) is 0 Å². The zero-order valence-electron chi connectivity index (χ0n) is 11.6. The fourth-order valence-corrected chi connectivity index (χ4v) is 2.19. The van der Waals surface area contributed by atoms with E-state index < -0.39 is 0 Å². The third kappa shape index (κ3) is 2.81. The van der Waals surface area contributed by atoms with Crippen LogP contribution in [-0.4, -0.2) is 19.3 Å². The highest BCUT2D eigenvalue weighted by molar-refractivity contribution is 5.54. The number of phenols is 1. The summed E-state index contributed by atoms with van der Waals surface area (Å²) in [6.45, 7) is 2.71. The van der Waals surface area contributed by atoms with E-state index in [1.54, 1.807) is 13.2 Å². The standard InChI is InChI=1S/C16H19NO2/c1-12-7-4-5-9-14(12)17(2)11-13-8-6-10-15(19-3)16(13)18/h4-10,18H,11H2,1-3H3. The number of para-hydroxylation sites is 2. The predicted molar refractivity (Wildman–Crippen MR) is 77.9 cm³/mol. The molecule has 0 aliphatic carbocycles. The number of ether oxygens (including phenoxy) is 1. The zero-order valence-corrected chi connectivity index (χ0v) is 11.6. The van der Waals surface area contributed by atoms with Gasteiger partial charge in [-0.05, 0) is 24.6 Å². The van der Waals surface area contributed by atoms with Crippen molar-refractivity contribution in [2.75, 3.05) is 19.1 Å². The van der Waals surface area contributed by atoms with Gasteiger partial charge in [0, 0.05) is 24.8 Å². The molecule has 0 atom stereocenters. The van der Waals surface area contributed by atoms with Crippen LogP contribution in [0.25, 0.3) is 0 Å². The van der Waals surface area contributed by atoms with Gasteiger partial charge in [-0.2, -0.15) is 0 Å². The Morgan fingerprint density at radius 2 is 1.84 bits per heavy atom. The molecule has 0 aliphatic heterocycles. The molecule has 0 bridgehead atoms. The fourth-order valence-electron chi connectivity index (χ4n) is 2.19. The van der Waals surface area contributed by atoms with E-state index in [0.717, 1.165) is 11.3 Å². The average molecular weight is 257 g/mol. The van der Waals surface area contributed by atoms with Gasteiger partial charge >= 0.3 is 0 Å². The van der Waals surface area contributed by atoms with E-state index in [4.69, 9.17) is 4.74 Å². The Morgan fingerprint density at radius 3 is 2.53 bits per heavy atom. The van der Waals surface area contributed by atoms with Crippen LogP contribution in [0.3, 0.4) is 0 Å². The van der Waals surface area contributed by atoms with Gasteiger partial charge in [0.2, 0.25) is 0 Å². The van der Waals surface area contributed by atoms with Gasteiger partial charge < -0.3 is 14.7 Å². The molecule has 0 aliphatic rings. The Labute approximate surface area is 114 Å². The second-order valence-corrected chi connectivity index (χ2v) is 4.61. The maximum atomic E-state index is 10.1. The topological polar surface area (TPSA) is 32.7 Å². The van der Waals surface area contributed by atoms with Gasteiger partial charge in [-0.3, -0.25) is 0 Å². The largest absolute Gasteiger partial charge is 0.504 e. The first kappa shape index (κ1) is 13.3. The Bertz CT molecular complexity index is 566. The molecule has 2 aromatic carbocycles. The van der Waals surface area contributed by atoms with Crippen LogP contribution in [0.5, 0.6) is 11.5 Å². The Hall–Kier alpha value is -2.16. The Balaban J connectivity index is 2.24. The summed E-state index contributed by atoms with van der Waals surface area (Å²) in [7, 11) is 3.57. The number of benzene rings is 2. The van der Waals surface area contributed by atoms with Crippen LogP contribution in [-0.2, 0) is 6.54 Å². The average Bonchev–Trinajstić information content (AvgIpc) is 2.41. The van der Waals surface area contributed by atoms with Crippen LogP contribution in [0, 0.1) is 6.92 Å². The van der Waals surface area contributed by atoms with Crippen LogP contribution in [0.1, 0.15) is 11.1 Å². The minimum atomic E-state index is 0.213. The molecule has 3 heteroatoms. The summed E-state index contributed by atoms with van der Waals surface area (Å²) in [4.78, 5) is 2.11. The molecule has 0 fully saturated rings. The number of methoxy groups -OCH3 is 1. The number of phenolic OH excluding ortho intramolecular Hbond substituents is 1. The summed E-state index contributed by atoms with van der Waals surface area (Å²) >= 11 is 0. The summed E-state index contributed by atoms with van der Waals surface area (Å²) in [6.07, 6.45) is 0. The third-order valence-corrected chi connectivity index (χ3v) is 3.24. The van der Waals surface area contributed by atoms with Crippen LogP contribution in [0.15, 0.2) is 42.5 Å². The van der Waals surface area contributed by atoms with Crippen LogP contribution >= 0.6 is 0 Å². The van der Waals surface area contributed by atoms with Crippen LogP contribution < -0.4 is 9.64 Å². The Morgan fingerprint density at radius 1 is 1.11 bits per heavy atom. The van der Waals surface area contributed by atoms with Gasteiger partial charge in [0.25, 0.3) is 0 Å². The van der Waals surface area contributed by atoms with E-state index in [-0.39, 0.29) is 5.75 Å². The molecule has 0 aromatic heterocycles. The minimum Gasteiger partial charge on any atom is -0.504 e. The molecule has 0 radical (unpaired) electrons. The molecule has 2 rings (SSSR count). The first-order chi connectivity index (χ1) is 9.13. The van der Waals surface area contributed by atoms with E-state index in [9.17, 15) is 5.11 Å². The molecule has 0 saturated carbocycles. The van der Waals surface area contributed by atoms with E-state index in [1.165, 1.54) is 5.56 Å². The third-order valence-electron chi connectivity index (χ3n) is 3.24. The molecule has 0 saturated heterocycles. The number of hydrogen-bond acceptors (Lipinski definition) is 3. The first-order valence-corrected chi connectivity index (χ1v) is 6.25. The summed E-state index contributed by atoms with van der Waals surface area (Å²) in [5, 5.41) is 10.1. The van der Waals surface area contributed by atoms with E-state index in [0.29, 0.717) is 12.3 Å². The lowest BCUT2D eigenvalue weighted by Crippen LogP contribution is -2.17. The molecule has 2 aromatic rings. The number of hydrogen-bond donors (Lipinski definition) is 1. The van der Waals surface area contributed by atoms with Crippen molar-refractivity contribution >= 4 is 5.69 Å². The second kappa shape index (κ2) is 5.65. The quantitative estimate of drug-likeness (QED) is 0.911. The second-order valence-electron chi connectivity index (χ2n) is 4.61. The maximum absolute atomic E-state index is 10.1. The van der Waals surface area contributed by atoms with Gasteiger partial charge in [0.1, 0.15) is 0 Å². The number of anilines is 1. The molecule has 3 nitrogen and oxygen atoms in total. The Kier molecular flexibility index (Phi) is 3.95. The van der Waals surface area contributed by atoms with Crippen molar-refractivity contribution < 1.29 is 9.84 Å². The van der Waals surface area contributed by atoms with Crippen molar-refractivity contribution in [3.05, 3.63) is 53.6 Å². The lowest BCUT2D eigenvalue weighted by Gasteiger charge is -2.22. The summed E-state index contributed by atoms with van der Waals surface area (Å²) in [6, 6.07) is 13.8. The minimum absolute atomic E-state index is 0.213. The molecular formula is C16H19NO2. The normalized spacial score (nSPS) is 10.3. The van der Waals surface area contributed by atoms with Crippen molar-refractivity contribution in [1.82, 2.24) is 0 Å². The fraction of sp³-hybridized carbons (Fsp3) is 0.250. The lowest BCUT2D eigenvalue weighted by atomic mass is 10.1. The lowest BCUT2D eigenvalue weighted by molar-refractivity contribution is 0.370. The predicted octanol–water partition coefficient (Wildman–Crippen LogP) is 3.35. The summed E-state index contributed by atoms with van der Waals surface area (Å²) in [5.41, 5.74) is 3.22. The smallest absolute Gasteiger partial charge is 0.162 e. The van der Waals surface area contributed by atoms with E-state index in [1.807, 2.05) is 31.3 Å². The molecule has 0 unspecified atom stereocenters. The summed E-state index contributed by atoms with van der Waals surface area (Å²) in [5.74, 6) is 0.723. The van der Waals surface area contributed by atoms with Crippen molar-refractivity contribution in [3.63, 3.8) is 0 Å². The molecule has 0 amide bonds. The van der Waals surface area contributed by atoms with Crippen molar-refractivity contribution in [2.45, 2.75) is 13.5 Å². The molecule has 100 valence electrons. The molecule has 0 spiro atoms. The van der Waals surface area contributed by atoms with Gasteiger partial charge in [0.05, 0.1) is 7.11 Å². The van der Waals surface area contributed by atoms with Gasteiger partial charge in [0.15, 0.2) is 11.5 Å². The molecular weight excluding hydrogens is 238 g/mol.